The molecule has 0 aliphatic rings. The van der Waals surface area contributed by atoms with Gasteiger partial charge in [-0.2, -0.15) is 5.26 Å². The summed E-state index contributed by atoms with van der Waals surface area (Å²) in [5.74, 6) is 0.362. The molecule has 2 rings (SSSR count). The molecule has 122 valence electrons. The summed E-state index contributed by atoms with van der Waals surface area (Å²) in [4.78, 5) is 13.2. The number of hydrogen-bond acceptors (Lipinski definition) is 3. The van der Waals surface area contributed by atoms with Crippen molar-refractivity contribution in [2.45, 2.75) is 6.61 Å². The third kappa shape index (κ3) is 4.61. The fourth-order valence-corrected chi connectivity index (χ4v) is 2.18. The summed E-state index contributed by atoms with van der Waals surface area (Å²) in [5.41, 5.74) is 1.75. The zero-order valence-electron chi connectivity index (χ0n) is 13.5. The number of benzene rings is 2. The van der Waals surface area contributed by atoms with E-state index in [9.17, 15) is 4.79 Å². The molecule has 0 bridgehead atoms. The Balaban J connectivity index is 2.07. The Labute approximate surface area is 146 Å². The number of carbonyl (C=O) groups excluding carboxylic acids is 1. The molecule has 0 unspecified atom stereocenters. The summed E-state index contributed by atoms with van der Waals surface area (Å²) >= 11 is 6.09. The average Bonchev–Trinajstić information content (AvgIpc) is 2.59. The molecule has 1 amide bonds. The number of rotatable bonds is 5. The van der Waals surface area contributed by atoms with Gasteiger partial charge < -0.3 is 9.64 Å². The Morgan fingerprint density at radius 3 is 2.46 bits per heavy atom. The predicted molar refractivity (Wildman–Crippen MR) is 94.5 cm³/mol. The van der Waals surface area contributed by atoms with E-state index in [1.165, 1.54) is 4.90 Å². The van der Waals surface area contributed by atoms with Gasteiger partial charge in [0.1, 0.15) is 24.0 Å². The second kappa shape index (κ2) is 8.19. The molecule has 0 aliphatic carbocycles. The second-order valence-corrected chi connectivity index (χ2v) is 5.73. The Hall–Kier alpha value is -2.77. The zero-order chi connectivity index (χ0) is 17.5. The first-order valence-corrected chi connectivity index (χ1v) is 7.69. The maximum Gasteiger partial charge on any atom is 0.264 e. The van der Waals surface area contributed by atoms with Crippen LogP contribution < -0.4 is 4.74 Å². The highest BCUT2D eigenvalue weighted by Gasteiger charge is 2.10. The van der Waals surface area contributed by atoms with E-state index in [2.05, 4.69) is 0 Å². The fourth-order valence-electron chi connectivity index (χ4n) is 1.99. The zero-order valence-corrected chi connectivity index (χ0v) is 14.2. The summed E-state index contributed by atoms with van der Waals surface area (Å²) in [6, 6.07) is 16.6. The third-order valence-corrected chi connectivity index (χ3v) is 3.67. The molecular formula is C19H17ClN2O2. The highest BCUT2D eigenvalue weighted by atomic mass is 35.5. The lowest BCUT2D eigenvalue weighted by atomic mass is 10.1. The average molecular weight is 341 g/mol. The van der Waals surface area contributed by atoms with Crippen molar-refractivity contribution in [2.24, 2.45) is 0 Å². The van der Waals surface area contributed by atoms with Crippen molar-refractivity contribution in [3.63, 3.8) is 0 Å². The van der Waals surface area contributed by atoms with Gasteiger partial charge in [-0.25, -0.2) is 0 Å². The predicted octanol–water partition coefficient (Wildman–Crippen LogP) is 3.91. The van der Waals surface area contributed by atoms with Crippen molar-refractivity contribution >= 4 is 23.6 Å². The first-order chi connectivity index (χ1) is 11.5. The van der Waals surface area contributed by atoms with E-state index in [0.29, 0.717) is 17.4 Å². The molecule has 0 radical (unpaired) electrons. The summed E-state index contributed by atoms with van der Waals surface area (Å²) in [6.07, 6.45) is 1.56. The van der Waals surface area contributed by atoms with Crippen LogP contribution in [0.3, 0.4) is 0 Å². The maximum atomic E-state index is 11.8. The van der Waals surface area contributed by atoms with Crippen LogP contribution in [-0.2, 0) is 11.4 Å². The quantitative estimate of drug-likeness (QED) is 0.612. The smallest absolute Gasteiger partial charge is 0.264 e. The van der Waals surface area contributed by atoms with Crippen LogP contribution in [0.4, 0.5) is 0 Å². The van der Waals surface area contributed by atoms with Crippen LogP contribution in [-0.4, -0.2) is 24.9 Å². The number of likely N-dealkylation sites (N-methyl/N-ethyl adjacent to an activating group) is 1. The van der Waals surface area contributed by atoms with E-state index < -0.39 is 0 Å². The van der Waals surface area contributed by atoms with Crippen molar-refractivity contribution in [2.75, 3.05) is 14.1 Å². The van der Waals surface area contributed by atoms with Crippen molar-refractivity contribution in [1.29, 1.82) is 5.26 Å². The summed E-state index contributed by atoms with van der Waals surface area (Å²) in [6.45, 7) is 0.372. The molecule has 4 nitrogen and oxygen atoms in total. The van der Waals surface area contributed by atoms with E-state index in [0.717, 1.165) is 11.1 Å². The van der Waals surface area contributed by atoms with Crippen molar-refractivity contribution in [1.82, 2.24) is 4.90 Å². The Morgan fingerprint density at radius 2 is 1.88 bits per heavy atom. The molecule has 0 saturated heterocycles. The lowest BCUT2D eigenvalue weighted by Crippen LogP contribution is -2.22. The van der Waals surface area contributed by atoms with Gasteiger partial charge in [-0.05, 0) is 29.8 Å². The molecule has 0 saturated carbocycles. The van der Waals surface area contributed by atoms with E-state index in [1.54, 1.807) is 44.4 Å². The Bertz CT molecular complexity index is 790. The van der Waals surface area contributed by atoms with E-state index in [-0.39, 0.29) is 11.5 Å². The van der Waals surface area contributed by atoms with Gasteiger partial charge in [0.15, 0.2) is 0 Å². The number of carbonyl (C=O) groups is 1. The molecule has 24 heavy (non-hydrogen) atoms. The van der Waals surface area contributed by atoms with E-state index in [1.807, 2.05) is 30.3 Å². The van der Waals surface area contributed by atoms with E-state index in [4.69, 9.17) is 21.6 Å². The van der Waals surface area contributed by atoms with Crippen molar-refractivity contribution < 1.29 is 9.53 Å². The topological polar surface area (TPSA) is 53.3 Å². The van der Waals surface area contributed by atoms with Gasteiger partial charge in [0.2, 0.25) is 0 Å². The third-order valence-electron chi connectivity index (χ3n) is 3.30. The number of hydrogen-bond donors (Lipinski definition) is 0. The highest BCUT2D eigenvalue weighted by Crippen LogP contribution is 2.19. The summed E-state index contributed by atoms with van der Waals surface area (Å²) in [5, 5.41) is 9.76. The number of nitriles is 1. The highest BCUT2D eigenvalue weighted by molar-refractivity contribution is 6.31. The summed E-state index contributed by atoms with van der Waals surface area (Å²) in [7, 11) is 3.22. The first kappa shape index (κ1) is 17.6. The minimum absolute atomic E-state index is 0.0877. The van der Waals surface area contributed by atoms with Gasteiger partial charge in [-0.3, -0.25) is 4.79 Å². The van der Waals surface area contributed by atoms with Gasteiger partial charge in [0, 0.05) is 24.7 Å². The largest absolute Gasteiger partial charge is 0.489 e. The number of halogens is 1. The first-order valence-electron chi connectivity index (χ1n) is 7.31. The standard InChI is InChI=1S/C19H17ClN2O2/c1-22(2)19(23)16(12-21)11-14-7-9-17(10-8-14)24-13-15-5-3-4-6-18(15)20/h3-11H,13H2,1-2H3/b16-11-. The van der Waals surface area contributed by atoms with Crippen LogP contribution in [0.1, 0.15) is 11.1 Å². The minimum atomic E-state index is -0.323. The van der Waals surface area contributed by atoms with Crippen molar-refractivity contribution in [3.8, 4) is 11.8 Å². The molecule has 5 heteroatoms. The minimum Gasteiger partial charge on any atom is -0.489 e. The van der Waals surface area contributed by atoms with E-state index >= 15 is 0 Å². The van der Waals surface area contributed by atoms with Crippen LogP contribution in [0.2, 0.25) is 5.02 Å². The van der Waals surface area contributed by atoms with Gasteiger partial charge in [-0.1, -0.05) is 41.9 Å². The molecule has 0 fully saturated rings. The molecule has 0 spiro atoms. The normalized spacial score (nSPS) is 10.8. The monoisotopic (exact) mass is 340 g/mol. The molecule has 2 aromatic rings. The Morgan fingerprint density at radius 1 is 1.21 bits per heavy atom. The van der Waals surface area contributed by atoms with Gasteiger partial charge in [-0.15, -0.1) is 0 Å². The molecule has 0 heterocycles. The Kier molecular flexibility index (Phi) is 6.00. The van der Waals surface area contributed by atoms with Gasteiger partial charge in [0.05, 0.1) is 0 Å². The second-order valence-electron chi connectivity index (χ2n) is 5.32. The summed E-state index contributed by atoms with van der Waals surface area (Å²) < 4.78 is 5.70. The number of amides is 1. The molecule has 0 atom stereocenters. The van der Waals surface area contributed by atoms with Crippen LogP contribution in [0.15, 0.2) is 54.1 Å². The van der Waals surface area contributed by atoms with Crippen LogP contribution in [0.5, 0.6) is 5.75 Å². The molecular weight excluding hydrogens is 324 g/mol. The molecule has 0 aromatic heterocycles. The van der Waals surface area contributed by atoms with Crippen LogP contribution in [0, 0.1) is 11.3 Å². The van der Waals surface area contributed by atoms with Crippen molar-refractivity contribution in [3.05, 3.63) is 70.3 Å². The maximum absolute atomic E-state index is 11.8. The number of nitrogens with zero attached hydrogens (tertiary/aromatic N) is 2. The van der Waals surface area contributed by atoms with Crippen LogP contribution >= 0.6 is 11.6 Å². The number of ether oxygens (including phenoxy) is 1. The molecule has 2 aromatic carbocycles. The lowest BCUT2D eigenvalue weighted by Gasteiger charge is -2.09. The fraction of sp³-hybridized carbons (Fsp3) is 0.158. The molecule has 0 N–H and O–H groups in total. The SMILES string of the molecule is CN(C)C(=O)/C(C#N)=C\c1ccc(OCc2ccccc2Cl)cc1. The lowest BCUT2D eigenvalue weighted by molar-refractivity contribution is -0.124. The molecule has 0 aliphatic heterocycles. The van der Waals surface area contributed by atoms with Gasteiger partial charge >= 0.3 is 0 Å². The van der Waals surface area contributed by atoms with Gasteiger partial charge in [0.25, 0.3) is 5.91 Å². The van der Waals surface area contributed by atoms with Crippen LogP contribution in [0.25, 0.3) is 6.08 Å².